The summed E-state index contributed by atoms with van der Waals surface area (Å²) in [6, 6.07) is 18.4. The maximum atomic E-state index is 4.60. The van der Waals surface area contributed by atoms with Gasteiger partial charge in [-0.3, -0.25) is 0 Å². The Morgan fingerprint density at radius 1 is 1.05 bits per heavy atom. The fourth-order valence-corrected chi connectivity index (χ4v) is 3.32. The van der Waals surface area contributed by atoms with Gasteiger partial charge < -0.3 is 0 Å². The van der Waals surface area contributed by atoms with Crippen molar-refractivity contribution in [3.05, 3.63) is 69.5 Å². The molecule has 0 N–H and O–H groups in total. The van der Waals surface area contributed by atoms with Crippen LogP contribution in [0.4, 0.5) is 5.13 Å². The van der Waals surface area contributed by atoms with Gasteiger partial charge in [0.15, 0.2) is 0 Å². The maximum Gasteiger partial charge on any atom is 0.210 e. The highest BCUT2D eigenvalue weighted by molar-refractivity contribution is 9.11. The van der Waals surface area contributed by atoms with Gasteiger partial charge in [0.05, 0.1) is 9.48 Å². The Bertz CT molecular complexity index is 761. The molecule has 3 aromatic rings. The number of hydrogen-bond donors (Lipinski definition) is 0. The van der Waals surface area contributed by atoms with Crippen LogP contribution in [0.15, 0.2) is 63.4 Å². The molecule has 2 nitrogen and oxygen atoms in total. The molecule has 0 aliphatic rings. The quantitative estimate of drug-likeness (QED) is 0.558. The van der Waals surface area contributed by atoms with E-state index >= 15 is 0 Å². The van der Waals surface area contributed by atoms with E-state index in [-0.39, 0.29) is 0 Å². The average molecular weight is 357 g/mol. The van der Waals surface area contributed by atoms with Crippen molar-refractivity contribution in [3.8, 4) is 11.3 Å². The molecule has 0 bridgehead atoms. The highest BCUT2D eigenvalue weighted by Gasteiger charge is 2.10. The molecule has 0 amide bonds. The van der Waals surface area contributed by atoms with E-state index in [1.54, 1.807) is 11.3 Å². The van der Waals surface area contributed by atoms with E-state index in [0.717, 1.165) is 25.7 Å². The van der Waals surface area contributed by atoms with Gasteiger partial charge in [-0.1, -0.05) is 71.5 Å². The molecule has 0 radical (unpaired) electrons. The molecular formula is C17H13BrN2S. The molecule has 2 aromatic carbocycles. The number of aromatic nitrogens is 1. The van der Waals surface area contributed by atoms with Gasteiger partial charge in [-0.2, -0.15) is 0 Å². The summed E-state index contributed by atoms with van der Waals surface area (Å²) >= 11 is 5.12. The predicted octanol–water partition coefficient (Wildman–Crippen LogP) is 5.63. The Morgan fingerprint density at radius 3 is 2.48 bits per heavy atom. The van der Waals surface area contributed by atoms with E-state index in [4.69, 9.17) is 0 Å². The number of thiazole rings is 1. The Morgan fingerprint density at radius 2 is 1.76 bits per heavy atom. The summed E-state index contributed by atoms with van der Waals surface area (Å²) in [7, 11) is 0. The van der Waals surface area contributed by atoms with Crippen LogP contribution in [0.25, 0.3) is 11.3 Å². The highest BCUT2D eigenvalue weighted by atomic mass is 79.9. The van der Waals surface area contributed by atoms with Gasteiger partial charge in [0.2, 0.25) is 5.13 Å². The predicted molar refractivity (Wildman–Crippen MR) is 93.7 cm³/mol. The van der Waals surface area contributed by atoms with Gasteiger partial charge in [-0.05, 0) is 28.4 Å². The number of benzene rings is 2. The standard InChI is InChI=1S/C17H13BrN2S/c1-12-7-9-14(10-8-12)15-16(18)21-17(20-15)19-11-13-5-3-2-4-6-13/h2-11H,1H3/b19-11+. The second-order valence-electron chi connectivity index (χ2n) is 4.65. The molecule has 0 spiro atoms. The van der Waals surface area contributed by atoms with Crippen molar-refractivity contribution >= 4 is 38.6 Å². The smallest absolute Gasteiger partial charge is 0.210 e. The van der Waals surface area contributed by atoms with E-state index in [9.17, 15) is 0 Å². The number of aryl methyl sites for hydroxylation is 1. The molecule has 1 aromatic heterocycles. The highest BCUT2D eigenvalue weighted by Crippen LogP contribution is 2.36. The molecule has 0 aliphatic heterocycles. The lowest BCUT2D eigenvalue weighted by molar-refractivity contribution is 1.35. The summed E-state index contributed by atoms with van der Waals surface area (Å²) in [6.45, 7) is 2.08. The van der Waals surface area contributed by atoms with Crippen LogP contribution in [0.2, 0.25) is 0 Å². The van der Waals surface area contributed by atoms with Gasteiger partial charge in [0, 0.05) is 11.8 Å². The Hall–Kier alpha value is -1.78. The van der Waals surface area contributed by atoms with Crippen LogP contribution in [0, 0.1) is 6.92 Å². The van der Waals surface area contributed by atoms with Gasteiger partial charge in [0.25, 0.3) is 0 Å². The van der Waals surface area contributed by atoms with E-state index in [1.165, 1.54) is 5.56 Å². The number of nitrogens with zero attached hydrogens (tertiary/aromatic N) is 2. The van der Waals surface area contributed by atoms with Crippen LogP contribution in [0.1, 0.15) is 11.1 Å². The molecule has 0 saturated carbocycles. The van der Waals surface area contributed by atoms with Crippen LogP contribution in [-0.2, 0) is 0 Å². The molecule has 3 rings (SSSR count). The zero-order chi connectivity index (χ0) is 14.7. The minimum atomic E-state index is 0.751. The van der Waals surface area contributed by atoms with Crippen molar-refractivity contribution in [1.82, 2.24) is 4.98 Å². The SMILES string of the molecule is Cc1ccc(-c2nc(/N=C/c3ccccc3)sc2Br)cc1. The molecule has 21 heavy (non-hydrogen) atoms. The Balaban J connectivity index is 1.88. The zero-order valence-electron chi connectivity index (χ0n) is 11.5. The largest absolute Gasteiger partial charge is 0.227 e. The molecule has 0 saturated heterocycles. The number of halogens is 1. The van der Waals surface area contributed by atoms with Crippen LogP contribution < -0.4 is 0 Å². The first-order valence-corrected chi connectivity index (χ1v) is 8.16. The first kappa shape index (κ1) is 14.2. The molecule has 0 unspecified atom stereocenters. The minimum Gasteiger partial charge on any atom is -0.227 e. The second-order valence-corrected chi connectivity index (χ2v) is 6.95. The van der Waals surface area contributed by atoms with E-state index in [1.807, 2.05) is 36.5 Å². The van der Waals surface area contributed by atoms with Crippen molar-refractivity contribution in [3.63, 3.8) is 0 Å². The summed E-state index contributed by atoms with van der Waals surface area (Å²) < 4.78 is 1.01. The maximum absolute atomic E-state index is 4.60. The van der Waals surface area contributed by atoms with Gasteiger partial charge in [0.1, 0.15) is 0 Å². The molecule has 1 heterocycles. The van der Waals surface area contributed by atoms with Crippen LogP contribution in [0.3, 0.4) is 0 Å². The van der Waals surface area contributed by atoms with Crippen molar-refractivity contribution in [2.24, 2.45) is 4.99 Å². The third-order valence-electron chi connectivity index (χ3n) is 3.02. The lowest BCUT2D eigenvalue weighted by Gasteiger charge is -1.98. The lowest BCUT2D eigenvalue weighted by atomic mass is 10.1. The second kappa shape index (κ2) is 6.33. The lowest BCUT2D eigenvalue weighted by Crippen LogP contribution is -1.80. The summed E-state index contributed by atoms with van der Waals surface area (Å²) in [4.78, 5) is 9.05. The first-order chi connectivity index (χ1) is 10.2. The summed E-state index contributed by atoms with van der Waals surface area (Å²) in [5, 5.41) is 0.751. The van der Waals surface area contributed by atoms with Gasteiger partial charge in [-0.25, -0.2) is 9.98 Å². The third-order valence-corrected chi connectivity index (χ3v) is 4.64. The van der Waals surface area contributed by atoms with Crippen molar-refractivity contribution in [2.45, 2.75) is 6.92 Å². The summed E-state index contributed by atoms with van der Waals surface area (Å²) in [5.74, 6) is 0. The average Bonchev–Trinajstić information content (AvgIpc) is 2.88. The monoisotopic (exact) mass is 356 g/mol. The minimum absolute atomic E-state index is 0.751. The van der Waals surface area contributed by atoms with Crippen LogP contribution in [-0.4, -0.2) is 11.2 Å². The van der Waals surface area contributed by atoms with Crippen molar-refractivity contribution in [1.29, 1.82) is 0 Å². The van der Waals surface area contributed by atoms with E-state index in [0.29, 0.717) is 0 Å². The molecule has 0 atom stereocenters. The number of hydrogen-bond acceptors (Lipinski definition) is 3. The van der Waals surface area contributed by atoms with Crippen molar-refractivity contribution in [2.75, 3.05) is 0 Å². The van der Waals surface area contributed by atoms with Crippen LogP contribution in [0.5, 0.6) is 0 Å². The molecule has 0 aliphatic carbocycles. The molecular weight excluding hydrogens is 344 g/mol. The molecule has 4 heteroatoms. The Labute approximate surface area is 136 Å². The normalized spacial score (nSPS) is 11.1. The number of rotatable bonds is 3. The topological polar surface area (TPSA) is 25.2 Å². The first-order valence-electron chi connectivity index (χ1n) is 6.55. The van der Waals surface area contributed by atoms with Crippen molar-refractivity contribution < 1.29 is 0 Å². The van der Waals surface area contributed by atoms with E-state index < -0.39 is 0 Å². The fourth-order valence-electron chi connectivity index (χ4n) is 1.90. The van der Waals surface area contributed by atoms with Gasteiger partial charge in [-0.15, -0.1) is 0 Å². The van der Waals surface area contributed by atoms with E-state index in [2.05, 4.69) is 57.1 Å². The Kier molecular flexibility index (Phi) is 4.27. The fraction of sp³-hybridized carbons (Fsp3) is 0.0588. The van der Waals surface area contributed by atoms with Crippen LogP contribution >= 0.6 is 27.3 Å². The summed E-state index contributed by atoms with van der Waals surface area (Å²) in [5.41, 5.74) is 4.36. The molecule has 0 fully saturated rings. The molecule has 104 valence electrons. The zero-order valence-corrected chi connectivity index (χ0v) is 13.9. The number of aliphatic imine (C=N–C) groups is 1. The third kappa shape index (κ3) is 3.46. The summed E-state index contributed by atoms with van der Waals surface area (Å²) in [6.07, 6.45) is 1.84. The van der Waals surface area contributed by atoms with Gasteiger partial charge >= 0.3 is 0 Å².